The molecule has 0 unspecified atom stereocenters. The number of halogens is 3. The first kappa shape index (κ1) is 25.4. The van der Waals surface area contributed by atoms with E-state index in [9.17, 15) is 14.4 Å². The van der Waals surface area contributed by atoms with Crippen molar-refractivity contribution in [2.45, 2.75) is 6.54 Å². The quantitative estimate of drug-likeness (QED) is 0.381. The molecule has 192 valence electrons. The van der Waals surface area contributed by atoms with Gasteiger partial charge in [0.2, 0.25) is 5.95 Å². The lowest BCUT2D eigenvalue weighted by atomic mass is 10.2. The summed E-state index contributed by atoms with van der Waals surface area (Å²) in [6.45, 7) is 2.12. The fourth-order valence-corrected chi connectivity index (χ4v) is 5.04. The molecule has 0 aliphatic carbocycles. The first-order chi connectivity index (χ1) is 17.7. The van der Waals surface area contributed by atoms with Gasteiger partial charge in [-0.05, 0) is 29.8 Å². The Bertz CT molecular complexity index is 1650. The molecule has 1 aliphatic heterocycles. The molecule has 9 nitrogen and oxygen atoms in total. The van der Waals surface area contributed by atoms with Crippen LogP contribution in [-0.4, -0.2) is 55.7 Å². The SMILES string of the molecule is Cn1c(=O)c2c(nc(N3CCN(C(=O)c4ccc(Cl)c(Cl)c4)CC3)n2Cc2ccccc2Cl)n(C)c1=O. The Labute approximate surface area is 227 Å². The van der Waals surface area contributed by atoms with Crippen molar-refractivity contribution in [1.29, 1.82) is 0 Å². The van der Waals surface area contributed by atoms with Crippen molar-refractivity contribution in [3.8, 4) is 0 Å². The number of amides is 1. The molecule has 4 aromatic rings. The predicted octanol–water partition coefficient (Wildman–Crippen LogP) is 3.40. The second kappa shape index (κ2) is 9.89. The number of nitrogens with zero attached hydrogens (tertiary/aromatic N) is 6. The number of fused-ring (bicyclic) bond motifs is 1. The number of piperazine rings is 1. The second-order valence-electron chi connectivity index (χ2n) is 8.88. The zero-order valence-electron chi connectivity index (χ0n) is 20.1. The van der Waals surface area contributed by atoms with Crippen molar-refractivity contribution < 1.29 is 4.79 Å². The van der Waals surface area contributed by atoms with Gasteiger partial charge in [-0.25, -0.2) is 4.79 Å². The number of carbonyl (C=O) groups excluding carboxylic acids is 1. The summed E-state index contributed by atoms with van der Waals surface area (Å²) in [6.07, 6.45) is 0. The van der Waals surface area contributed by atoms with E-state index in [-0.39, 0.29) is 5.91 Å². The van der Waals surface area contributed by atoms with Crippen molar-refractivity contribution in [3.05, 3.63) is 89.5 Å². The van der Waals surface area contributed by atoms with Crippen LogP contribution in [0.5, 0.6) is 0 Å². The Hall–Kier alpha value is -3.27. The summed E-state index contributed by atoms with van der Waals surface area (Å²) in [6, 6.07) is 12.2. The lowest BCUT2D eigenvalue weighted by Gasteiger charge is -2.35. The van der Waals surface area contributed by atoms with Crippen LogP contribution in [0.15, 0.2) is 52.1 Å². The maximum absolute atomic E-state index is 13.2. The van der Waals surface area contributed by atoms with Crippen LogP contribution < -0.4 is 16.1 Å². The van der Waals surface area contributed by atoms with Crippen LogP contribution in [0.3, 0.4) is 0 Å². The number of hydrogen-bond donors (Lipinski definition) is 0. The van der Waals surface area contributed by atoms with Crippen LogP contribution >= 0.6 is 34.8 Å². The number of anilines is 1. The van der Waals surface area contributed by atoms with E-state index in [0.29, 0.717) is 70.5 Å². The molecular weight excluding hydrogens is 539 g/mol. The Morgan fingerprint density at radius 1 is 0.892 bits per heavy atom. The molecule has 5 rings (SSSR count). The summed E-state index contributed by atoms with van der Waals surface area (Å²) in [4.78, 5) is 47.3. The molecule has 1 saturated heterocycles. The molecule has 37 heavy (non-hydrogen) atoms. The molecule has 0 atom stereocenters. The summed E-state index contributed by atoms with van der Waals surface area (Å²) in [7, 11) is 3.04. The van der Waals surface area contributed by atoms with Gasteiger partial charge >= 0.3 is 5.69 Å². The van der Waals surface area contributed by atoms with E-state index in [1.165, 1.54) is 11.6 Å². The molecule has 0 bridgehead atoms. The van der Waals surface area contributed by atoms with Gasteiger partial charge in [0.1, 0.15) is 0 Å². The van der Waals surface area contributed by atoms with Gasteiger partial charge in [0, 0.05) is 50.9 Å². The Kier molecular flexibility index (Phi) is 6.78. The second-order valence-corrected chi connectivity index (χ2v) is 10.1. The topological polar surface area (TPSA) is 85.4 Å². The van der Waals surface area contributed by atoms with Gasteiger partial charge in [-0.1, -0.05) is 53.0 Å². The number of carbonyl (C=O) groups is 1. The number of aryl methyl sites for hydroxylation is 1. The molecule has 2 aromatic carbocycles. The van der Waals surface area contributed by atoms with Gasteiger partial charge < -0.3 is 9.80 Å². The maximum Gasteiger partial charge on any atom is 0.332 e. The summed E-state index contributed by atoms with van der Waals surface area (Å²) < 4.78 is 4.24. The summed E-state index contributed by atoms with van der Waals surface area (Å²) >= 11 is 18.5. The van der Waals surface area contributed by atoms with E-state index in [2.05, 4.69) is 0 Å². The molecule has 1 aliphatic rings. The lowest BCUT2D eigenvalue weighted by molar-refractivity contribution is 0.0746. The number of benzene rings is 2. The smallest absolute Gasteiger partial charge is 0.332 e. The van der Waals surface area contributed by atoms with E-state index in [4.69, 9.17) is 39.8 Å². The van der Waals surface area contributed by atoms with Crippen molar-refractivity contribution in [1.82, 2.24) is 23.6 Å². The highest BCUT2D eigenvalue weighted by atomic mass is 35.5. The molecule has 12 heteroatoms. The Morgan fingerprint density at radius 3 is 2.27 bits per heavy atom. The molecular formula is C25H23Cl3N6O3. The molecule has 0 radical (unpaired) electrons. The van der Waals surface area contributed by atoms with Crippen LogP contribution in [0.4, 0.5) is 5.95 Å². The molecule has 0 spiro atoms. The Balaban J connectivity index is 1.51. The van der Waals surface area contributed by atoms with Gasteiger partial charge in [-0.3, -0.25) is 23.3 Å². The third-order valence-electron chi connectivity index (χ3n) is 6.63. The zero-order valence-corrected chi connectivity index (χ0v) is 22.4. The fourth-order valence-electron chi connectivity index (χ4n) is 4.54. The van der Waals surface area contributed by atoms with Gasteiger partial charge in [0.15, 0.2) is 11.2 Å². The minimum atomic E-state index is -0.455. The first-order valence-corrected chi connectivity index (χ1v) is 12.7. The minimum Gasteiger partial charge on any atom is -0.339 e. The molecule has 2 aromatic heterocycles. The summed E-state index contributed by atoms with van der Waals surface area (Å²) in [5.41, 5.74) is 1.00. The zero-order chi connectivity index (χ0) is 26.4. The first-order valence-electron chi connectivity index (χ1n) is 11.6. The highest BCUT2D eigenvalue weighted by Crippen LogP contribution is 2.26. The van der Waals surface area contributed by atoms with E-state index in [1.54, 1.807) is 40.8 Å². The highest BCUT2D eigenvalue weighted by Gasteiger charge is 2.28. The number of rotatable bonds is 4. The monoisotopic (exact) mass is 560 g/mol. The number of hydrogen-bond acceptors (Lipinski definition) is 5. The minimum absolute atomic E-state index is 0.140. The van der Waals surface area contributed by atoms with Crippen LogP contribution in [0.25, 0.3) is 11.2 Å². The number of imidazole rings is 1. The van der Waals surface area contributed by atoms with Crippen molar-refractivity contribution in [2.24, 2.45) is 14.1 Å². The standard InChI is InChI=1S/C25H23Cl3N6O3/c1-30-21-20(23(36)31(2)25(30)37)34(14-16-5-3-4-6-17(16)26)24(29-21)33-11-9-32(10-12-33)22(35)15-7-8-18(27)19(28)13-15/h3-8,13H,9-12,14H2,1-2H3. The van der Waals surface area contributed by atoms with Gasteiger partial charge in [-0.2, -0.15) is 4.98 Å². The van der Waals surface area contributed by atoms with Crippen molar-refractivity contribution in [2.75, 3.05) is 31.1 Å². The third kappa shape index (κ3) is 4.52. The average molecular weight is 562 g/mol. The molecule has 0 saturated carbocycles. The molecule has 3 heterocycles. The van der Waals surface area contributed by atoms with Crippen LogP contribution in [0.2, 0.25) is 15.1 Å². The fraction of sp³-hybridized carbons (Fsp3) is 0.280. The van der Waals surface area contributed by atoms with Crippen molar-refractivity contribution >= 4 is 57.8 Å². The molecule has 1 fully saturated rings. The lowest BCUT2D eigenvalue weighted by Crippen LogP contribution is -2.49. The third-order valence-corrected chi connectivity index (χ3v) is 7.74. The van der Waals surface area contributed by atoms with Crippen LogP contribution in [-0.2, 0) is 20.6 Å². The van der Waals surface area contributed by atoms with E-state index < -0.39 is 11.2 Å². The summed E-state index contributed by atoms with van der Waals surface area (Å²) in [5.74, 6) is 0.397. The average Bonchev–Trinajstić information content (AvgIpc) is 3.28. The summed E-state index contributed by atoms with van der Waals surface area (Å²) in [5, 5.41) is 1.28. The normalized spacial score (nSPS) is 14.0. The van der Waals surface area contributed by atoms with Crippen molar-refractivity contribution in [3.63, 3.8) is 0 Å². The van der Waals surface area contributed by atoms with Crippen LogP contribution in [0.1, 0.15) is 15.9 Å². The van der Waals surface area contributed by atoms with Crippen LogP contribution in [0, 0.1) is 0 Å². The molecule has 1 amide bonds. The number of aromatic nitrogens is 4. The van der Waals surface area contributed by atoms with E-state index in [1.807, 2.05) is 23.1 Å². The maximum atomic E-state index is 13.2. The van der Waals surface area contributed by atoms with Gasteiger partial charge in [-0.15, -0.1) is 0 Å². The van der Waals surface area contributed by atoms with Gasteiger partial charge in [0.25, 0.3) is 11.5 Å². The largest absolute Gasteiger partial charge is 0.339 e. The molecule has 0 N–H and O–H groups in total. The Morgan fingerprint density at radius 2 is 1.59 bits per heavy atom. The van der Waals surface area contributed by atoms with Gasteiger partial charge in [0.05, 0.1) is 16.6 Å². The highest BCUT2D eigenvalue weighted by molar-refractivity contribution is 6.42. The predicted molar refractivity (Wildman–Crippen MR) is 145 cm³/mol. The van der Waals surface area contributed by atoms with E-state index >= 15 is 0 Å². The van der Waals surface area contributed by atoms with E-state index in [0.717, 1.165) is 10.1 Å².